The average molecular weight is 300 g/mol. The van der Waals surface area contributed by atoms with Crippen molar-refractivity contribution in [2.45, 2.75) is 32.2 Å². The monoisotopic (exact) mass is 300 g/mol. The van der Waals surface area contributed by atoms with Crippen LogP contribution in [-0.2, 0) is 19.2 Å². The number of carbonyl (C=O) groups is 4. The van der Waals surface area contributed by atoms with Crippen molar-refractivity contribution < 1.29 is 19.2 Å². The third-order valence-electron chi connectivity index (χ3n) is 4.08. The quantitative estimate of drug-likeness (QED) is 0.719. The first-order valence-electron chi connectivity index (χ1n) is 7.31. The maximum Gasteiger partial charge on any atom is 0.262 e. The van der Waals surface area contributed by atoms with Gasteiger partial charge in [-0.05, 0) is 18.8 Å². The van der Waals surface area contributed by atoms with Gasteiger partial charge >= 0.3 is 0 Å². The van der Waals surface area contributed by atoms with E-state index >= 15 is 0 Å². The summed E-state index contributed by atoms with van der Waals surface area (Å²) in [5.41, 5.74) is 0.628. The van der Waals surface area contributed by atoms with Gasteiger partial charge in [0.25, 0.3) is 11.8 Å². The topological polar surface area (TPSA) is 83.6 Å². The SMILES string of the molecule is CC1C=CC2=C(C=C1)C(=O)N(C1CCCC(=O)NC1=O)C2=O. The number of nitrogens with zero attached hydrogens (tertiary/aromatic N) is 1. The highest BCUT2D eigenvalue weighted by Gasteiger charge is 2.44. The molecule has 22 heavy (non-hydrogen) atoms. The molecular weight excluding hydrogens is 284 g/mol. The van der Waals surface area contributed by atoms with Crippen LogP contribution in [0.15, 0.2) is 35.5 Å². The largest absolute Gasteiger partial charge is 0.295 e. The van der Waals surface area contributed by atoms with Crippen molar-refractivity contribution in [1.82, 2.24) is 10.2 Å². The Hall–Kier alpha value is -2.50. The molecule has 1 saturated heterocycles. The molecule has 6 nitrogen and oxygen atoms in total. The molecule has 114 valence electrons. The summed E-state index contributed by atoms with van der Waals surface area (Å²) in [7, 11) is 0. The van der Waals surface area contributed by atoms with Crippen LogP contribution in [0.2, 0.25) is 0 Å². The fraction of sp³-hybridized carbons (Fsp3) is 0.375. The number of hydrogen-bond acceptors (Lipinski definition) is 4. The second-order valence-corrected chi connectivity index (χ2v) is 5.71. The van der Waals surface area contributed by atoms with Crippen LogP contribution >= 0.6 is 0 Å². The van der Waals surface area contributed by atoms with Crippen LogP contribution in [0, 0.1) is 5.92 Å². The van der Waals surface area contributed by atoms with Crippen molar-refractivity contribution in [3.05, 3.63) is 35.5 Å². The van der Waals surface area contributed by atoms with Gasteiger partial charge in [-0.15, -0.1) is 0 Å². The van der Waals surface area contributed by atoms with Gasteiger partial charge in [0.05, 0.1) is 11.1 Å². The van der Waals surface area contributed by atoms with Crippen molar-refractivity contribution in [3.8, 4) is 0 Å². The lowest BCUT2D eigenvalue weighted by Crippen LogP contribution is -2.50. The minimum atomic E-state index is -0.919. The van der Waals surface area contributed by atoms with Gasteiger partial charge in [0.2, 0.25) is 11.8 Å². The Bertz CT molecular complexity index is 636. The first-order chi connectivity index (χ1) is 10.5. The van der Waals surface area contributed by atoms with E-state index in [1.807, 2.05) is 19.1 Å². The van der Waals surface area contributed by atoms with Crippen LogP contribution in [0.25, 0.3) is 0 Å². The van der Waals surface area contributed by atoms with Crippen LogP contribution in [-0.4, -0.2) is 34.6 Å². The molecule has 0 saturated carbocycles. The summed E-state index contributed by atoms with van der Waals surface area (Å²) < 4.78 is 0. The maximum atomic E-state index is 12.5. The van der Waals surface area contributed by atoms with Gasteiger partial charge in [-0.1, -0.05) is 31.2 Å². The van der Waals surface area contributed by atoms with E-state index in [0.29, 0.717) is 24.0 Å². The third kappa shape index (κ3) is 2.30. The van der Waals surface area contributed by atoms with E-state index in [2.05, 4.69) is 5.32 Å². The normalized spacial score (nSPS) is 26.2. The van der Waals surface area contributed by atoms with Crippen LogP contribution in [0.5, 0.6) is 0 Å². The Kier molecular flexibility index (Phi) is 3.52. The summed E-state index contributed by atoms with van der Waals surface area (Å²) in [5, 5.41) is 2.23. The number of hydrogen-bond donors (Lipinski definition) is 1. The molecule has 1 atom stereocenters. The Morgan fingerprint density at radius 3 is 2.23 bits per heavy atom. The fourth-order valence-corrected chi connectivity index (χ4v) is 2.86. The summed E-state index contributed by atoms with van der Waals surface area (Å²) in [6.07, 6.45) is 7.95. The second-order valence-electron chi connectivity index (χ2n) is 5.71. The van der Waals surface area contributed by atoms with Crippen molar-refractivity contribution in [2.24, 2.45) is 5.92 Å². The Balaban J connectivity index is 1.92. The summed E-state index contributed by atoms with van der Waals surface area (Å²) in [6, 6.07) is -0.919. The number of allylic oxidation sites excluding steroid dienone is 2. The zero-order valence-electron chi connectivity index (χ0n) is 12.2. The molecule has 2 heterocycles. The standard InChI is InChI=1S/C16H16N2O4/c1-9-5-7-10-11(8-6-9)16(22)18(15(10)21)12-3-2-4-13(19)17-14(12)20/h5-9,12H,2-4H2,1H3,(H,17,19,20). The van der Waals surface area contributed by atoms with Gasteiger partial charge in [0.1, 0.15) is 6.04 Å². The molecule has 4 amide bonds. The zero-order chi connectivity index (χ0) is 15.9. The van der Waals surface area contributed by atoms with E-state index in [1.54, 1.807) is 12.2 Å². The highest BCUT2D eigenvalue weighted by Crippen LogP contribution is 2.29. The second kappa shape index (κ2) is 5.36. The molecule has 0 aromatic carbocycles. The predicted molar refractivity (Wildman–Crippen MR) is 77.1 cm³/mol. The molecule has 3 aliphatic rings. The Labute approximate surface area is 127 Å². The van der Waals surface area contributed by atoms with Crippen LogP contribution < -0.4 is 5.32 Å². The molecule has 1 unspecified atom stereocenters. The minimum absolute atomic E-state index is 0.137. The zero-order valence-corrected chi connectivity index (χ0v) is 12.2. The number of nitrogens with one attached hydrogen (secondary N) is 1. The first-order valence-corrected chi connectivity index (χ1v) is 7.31. The van der Waals surface area contributed by atoms with Crippen LogP contribution in [0.3, 0.4) is 0 Å². The Morgan fingerprint density at radius 2 is 1.64 bits per heavy atom. The van der Waals surface area contributed by atoms with Crippen molar-refractivity contribution in [2.75, 3.05) is 0 Å². The minimum Gasteiger partial charge on any atom is -0.295 e. The van der Waals surface area contributed by atoms with Gasteiger partial charge in [-0.2, -0.15) is 0 Å². The van der Waals surface area contributed by atoms with E-state index in [0.717, 1.165) is 4.90 Å². The molecule has 1 aliphatic carbocycles. The smallest absolute Gasteiger partial charge is 0.262 e. The summed E-state index contributed by atoms with van der Waals surface area (Å²) in [4.78, 5) is 49.6. The molecule has 0 aromatic rings. The Morgan fingerprint density at radius 1 is 1.05 bits per heavy atom. The van der Waals surface area contributed by atoms with Crippen LogP contribution in [0.1, 0.15) is 26.2 Å². The number of rotatable bonds is 1. The fourth-order valence-electron chi connectivity index (χ4n) is 2.86. The molecule has 0 spiro atoms. The lowest BCUT2D eigenvalue weighted by molar-refractivity contribution is -0.146. The molecule has 0 radical (unpaired) electrons. The third-order valence-corrected chi connectivity index (χ3v) is 4.08. The lowest BCUT2D eigenvalue weighted by atomic mass is 10.1. The van der Waals surface area contributed by atoms with Gasteiger partial charge in [0, 0.05) is 6.42 Å². The molecule has 1 N–H and O–H groups in total. The van der Waals surface area contributed by atoms with Gasteiger partial charge < -0.3 is 0 Å². The summed E-state index contributed by atoms with van der Waals surface area (Å²) in [6.45, 7) is 1.95. The summed E-state index contributed by atoms with van der Waals surface area (Å²) in [5.74, 6) is -1.75. The van der Waals surface area contributed by atoms with Gasteiger partial charge in [0.15, 0.2) is 0 Å². The average Bonchev–Trinajstić information content (AvgIpc) is 2.65. The molecule has 0 aromatic heterocycles. The molecule has 3 rings (SSSR count). The van der Waals surface area contributed by atoms with Crippen molar-refractivity contribution in [1.29, 1.82) is 0 Å². The van der Waals surface area contributed by atoms with E-state index in [1.165, 1.54) is 0 Å². The molecule has 0 bridgehead atoms. The first kappa shape index (κ1) is 14.4. The van der Waals surface area contributed by atoms with E-state index in [9.17, 15) is 19.2 Å². The molecule has 2 aliphatic heterocycles. The number of carbonyl (C=O) groups excluding carboxylic acids is 4. The van der Waals surface area contributed by atoms with E-state index < -0.39 is 23.8 Å². The predicted octanol–water partition coefficient (Wildman–Crippen LogP) is 0.609. The molecule has 6 heteroatoms. The van der Waals surface area contributed by atoms with Crippen molar-refractivity contribution in [3.63, 3.8) is 0 Å². The highest BCUT2D eigenvalue weighted by molar-refractivity contribution is 6.23. The molecule has 1 fully saturated rings. The number of imide groups is 2. The molecular formula is C16H16N2O4. The van der Waals surface area contributed by atoms with E-state index in [4.69, 9.17) is 0 Å². The van der Waals surface area contributed by atoms with E-state index in [-0.39, 0.29) is 18.2 Å². The van der Waals surface area contributed by atoms with Gasteiger partial charge in [-0.25, -0.2) is 0 Å². The summed E-state index contributed by atoms with van der Waals surface area (Å²) >= 11 is 0. The maximum absolute atomic E-state index is 12.5. The van der Waals surface area contributed by atoms with Crippen LogP contribution in [0.4, 0.5) is 0 Å². The van der Waals surface area contributed by atoms with Crippen molar-refractivity contribution >= 4 is 23.6 Å². The van der Waals surface area contributed by atoms with Gasteiger partial charge in [-0.3, -0.25) is 29.4 Å². The lowest BCUT2D eigenvalue weighted by Gasteiger charge is -2.23. The number of amides is 4. The highest BCUT2D eigenvalue weighted by atomic mass is 16.2.